The van der Waals surface area contributed by atoms with Gasteiger partial charge in [0.1, 0.15) is 23.5 Å². The third-order valence-electron chi connectivity index (χ3n) is 2.70. The van der Waals surface area contributed by atoms with Gasteiger partial charge in [0.2, 0.25) is 0 Å². The Morgan fingerprint density at radius 3 is 2.63 bits per heavy atom. The smallest absolute Gasteiger partial charge is 0.546 e. The number of aliphatic carboxylic acids is 1. The standard InChI is InChI=1S/C14H10O4.Na/c15-14(16)8-17-9-5-6-13-11(7-9)10-3-1-2-4-12(10)18-13;/h1-7H,8H2,(H,15,16);/q;+1/p-1. The summed E-state index contributed by atoms with van der Waals surface area (Å²) >= 11 is 0. The minimum atomic E-state index is -1.24. The van der Waals surface area contributed by atoms with Crippen LogP contribution in [-0.2, 0) is 4.79 Å². The number of ether oxygens (including phenoxy) is 1. The van der Waals surface area contributed by atoms with Gasteiger partial charge < -0.3 is 19.1 Å². The van der Waals surface area contributed by atoms with E-state index in [9.17, 15) is 9.90 Å². The maximum atomic E-state index is 10.3. The minimum absolute atomic E-state index is 0. The first-order chi connectivity index (χ1) is 8.74. The Bertz CT molecular complexity index is 732. The Morgan fingerprint density at radius 1 is 1.11 bits per heavy atom. The molecule has 0 aliphatic rings. The summed E-state index contributed by atoms with van der Waals surface area (Å²) in [4.78, 5) is 10.3. The molecule has 2 aromatic carbocycles. The quantitative estimate of drug-likeness (QED) is 0.553. The van der Waals surface area contributed by atoms with E-state index >= 15 is 0 Å². The third-order valence-corrected chi connectivity index (χ3v) is 2.70. The van der Waals surface area contributed by atoms with Gasteiger partial charge in [-0.1, -0.05) is 18.2 Å². The third kappa shape index (κ3) is 2.76. The fourth-order valence-corrected chi connectivity index (χ4v) is 1.94. The SMILES string of the molecule is O=C([O-])COc1ccc2oc3ccccc3c2c1.[Na+]. The fourth-order valence-electron chi connectivity index (χ4n) is 1.94. The summed E-state index contributed by atoms with van der Waals surface area (Å²) in [5, 5.41) is 12.2. The number of carbonyl (C=O) groups excluding carboxylic acids is 1. The van der Waals surface area contributed by atoms with Crippen LogP contribution >= 0.6 is 0 Å². The Labute approximate surface area is 131 Å². The number of benzene rings is 2. The summed E-state index contributed by atoms with van der Waals surface area (Å²) in [5.41, 5.74) is 1.54. The van der Waals surface area contributed by atoms with Crippen molar-refractivity contribution in [2.75, 3.05) is 6.61 Å². The first kappa shape index (κ1) is 13.9. The van der Waals surface area contributed by atoms with E-state index in [2.05, 4.69) is 0 Å². The number of carboxylic acid groups (broad SMARTS) is 1. The van der Waals surface area contributed by atoms with Crippen molar-refractivity contribution in [3.8, 4) is 5.75 Å². The summed E-state index contributed by atoms with van der Waals surface area (Å²) in [6, 6.07) is 12.9. The average molecular weight is 264 g/mol. The number of furan rings is 1. The van der Waals surface area contributed by atoms with Gasteiger partial charge in [-0.25, -0.2) is 0 Å². The molecule has 0 saturated heterocycles. The predicted octanol–water partition coefficient (Wildman–Crippen LogP) is -1.28. The van der Waals surface area contributed by atoms with E-state index in [1.807, 2.05) is 24.3 Å². The molecule has 0 bridgehead atoms. The maximum Gasteiger partial charge on any atom is 1.00 e. The van der Waals surface area contributed by atoms with Crippen molar-refractivity contribution in [3.05, 3.63) is 42.5 Å². The summed E-state index contributed by atoms with van der Waals surface area (Å²) in [5.74, 6) is -0.759. The Hall–Kier alpha value is -1.49. The van der Waals surface area contributed by atoms with Gasteiger partial charge in [0.25, 0.3) is 0 Å². The zero-order valence-electron chi connectivity index (χ0n) is 10.4. The molecule has 0 aliphatic heterocycles. The van der Waals surface area contributed by atoms with Gasteiger partial charge >= 0.3 is 29.6 Å². The molecule has 90 valence electrons. The van der Waals surface area contributed by atoms with Gasteiger partial charge in [-0.2, -0.15) is 0 Å². The Balaban J connectivity index is 0.00000133. The molecule has 0 spiro atoms. The molecule has 0 aliphatic carbocycles. The van der Waals surface area contributed by atoms with Gasteiger partial charge in [-0.15, -0.1) is 0 Å². The van der Waals surface area contributed by atoms with Gasteiger partial charge in [-0.05, 0) is 24.3 Å². The number of rotatable bonds is 3. The number of fused-ring (bicyclic) bond motifs is 3. The normalized spacial score (nSPS) is 10.3. The van der Waals surface area contributed by atoms with E-state index in [-0.39, 0.29) is 29.6 Å². The molecular weight excluding hydrogens is 255 g/mol. The number of para-hydroxylation sites is 1. The zero-order chi connectivity index (χ0) is 12.5. The first-order valence-electron chi connectivity index (χ1n) is 5.48. The molecule has 0 radical (unpaired) electrons. The minimum Gasteiger partial charge on any atom is -0.546 e. The summed E-state index contributed by atoms with van der Waals surface area (Å²) in [6.07, 6.45) is 0. The van der Waals surface area contributed by atoms with E-state index < -0.39 is 12.6 Å². The van der Waals surface area contributed by atoms with Crippen molar-refractivity contribution in [2.24, 2.45) is 0 Å². The van der Waals surface area contributed by atoms with Crippen LogP contribution in [0.15, 0.2) is 46.9 Å². The van der Waals surface area contributed by atoms with E-state index in [0.29, 0.717) is 5.75 Å². The summed E-state index contributed by atoms with van der Waals surface area (Å²) < 4.78 is 10.7. The van der Waals surface area contributed by atoms with Crippen LogP contribution in [0, 0.1) is 0 Å². The molecule has 0 amide bonds. The van der Waals surface area contributed by atoms with Crippen LogP contribution in [0.5, 0.6) is 5.75 Å². The molecule has 3 rings (SSSR count). The molecule has 0 N–H and O–H groups in total. The predicted molar refractivity (Wildman–Crippen MR) is 64.2 cm³/mol. The number of carboxylic acids is 1. The first-order valence-corrected chi connectivity index (χ1v) is 5.48. The number of hydrogen-bond donors (Lipinski definition) is 0. The Kier molecular flexibility index (Phi) is 4.14. The Morgan fingerprint density at radius 2 is 1.84 bits per heavy atom. The largest absolute Gasteiger partial charge is 1.00 e. The van der Waals surface area contributed by atoms with Crippen molar-refractivity contribution in [1.82, 2.24) is 0 Å². The zero-order valence-corrected chi connectivity index (χ0v) is 12.4. The van der Waals surface area contributed by atoms with Crippen LogP contribution in [0.1, 0.15) is 0 Å². The van der Waals surface area contributed by atoms with Crippen LogP contribution in [0.2, 0.25) is 0 Å². The van der Waals surface area contributed by atoms with Crippen LogP contribution < -0.4 is 39.4 Å². The second-order valence-electron chi connectivity index (χ2n) is 3.92. The molecule has 5 heteroatoms. The monoisotopic (exact) mass is 264 g/mol. The van der Waals surface area contributed by atoms with E-state index in [1.165, 1.54) is 0 Å². The molecule has 3 aromatic rings. The van der Waals surface area contributed by atoms with E-state index in [0.717, 1.165) is 21.9 Å². The van der Waals surface area contributed by atoms with Crippen molar-refractivity contribution >= 4 is 27.9 Å². The molecule has 4 nitrogen and oxygen atoms in total. The van der Waals surface area contributed by atoms with E-state index in [1.54, 1.807) is 18.2 Å². The van der Waals surface area contributed by atoms with Gasteiger partial charge in [0, 0.05) is 10.8 Å². The van der Waals surface area contributed by atoms with Crippen LogP contribution in [0.3, 0.4) is 0 Å². The molecule has 0 atom stereocenters. The van der Waals surface area contributed by atoms with Crippen LogP contribution in [0.25, 0.3) is 21.9 Å². The van der Waals surface area contributed by atoms with Crippen molar-refractivity contribution in [1.29, 1.82) is 0 Å². The molecule has 0 fully saturated rings. The molecule has 1 aromatic heterocycles. The fraction of sp³-hybridized carbons (Fsp3) is 0.0714. The molecule has 0 unspecified atom stereocenters. The molecule has 19 heavy (non-hydrogen) atoms. The number of hydrogen-bond acceptors (Lipinski definition) is 4. The molecule has 0 saturated carbocycles. The van der Waals surface area contributed by atoms with Gasteiger partial charge in [0.05, 0.1) is 5.97 Å². The van der Waals surface area contributed by atoms with Crippen LogP contribution in [-0.4, -0.2) is 12.6 Å². The molecule has 1 heterocycles. The van der Waals surface area contributed by atoms with Crippen molar-refractivity contribution < 1.29 is 48.6 Å². The van der Waals surface area contributed by atoms with Gasteiger partial charge in [-0.3, -0.25) is 0 Å². The second kappa shape index (κ2) is 5.65. The van der Waals surface area contributed by atoms with Crippen molar-refractivity contribution in [3.63, 3.8) is 0 Å². The van der Waals surface area contributed by atoms with E-state index in [4.69, 9.17) is 9.15 Å². The van der Waals surface area contributed by atoms with Crippen LogP contribution in [0.4, 0.5) is 0 Å². The van der Waals surface area contributed by atoms with Gasteiger partial charge in [0.15, 0.2) is 0 Å². The van der Waals surface area contributed by atoms with Crippen molar-refractivity contribution in [2.45, 2.75) is 0 Å². The maximum absolute atomic E-state index is 10.3. The average Bonchev–Trinajstić information content (AvgIpc) is 2.74. The number of carbonyl (C=O) groups is 1. The summed E-state index contributed by atoms with van der Waals surface area (Å²) in [6.45, 7) is -0.457. The molecular formula is C14H9NaO4. The summed E-state index contributed by atoms with van der Waals surface area (Å²) in [7, 11) is 0. The topological polar surface area (TPSA) is 62.5 Å². The second-order valence-corrected chi connectivity index (χ2v) is 3.92.